The highest BCUT2D eigenvalue weighted by molar-refractivity contribution is 9.10. The third-order valence-electron chi connectivity index (χ3n) is 2.29. The molecule has 0 aliphatic heterocycles. The number of hydrogen-bond acceptors (Lipinski definition) is 3. The number of rotatable bonds is 3. The lowest BCUT2D eigenvalue weighted by Crippen LogP contribution is -1.99. The van der Waals surface area contributed by atoms with Crippen LogP contribution in [0.4, 0.5) is 10.1 Å². The van der Waals surface area contributed by atoms with E-state index in [1.54, 1.807) is 18.5 Å². The normalized spacial score (nSPS) is 12.3. The van der Waals surface area contributed by atoms with Crippen LogP contribution in [-0.4, -0.2) is 9.19 Å². The van der Waals surface area contributed by atoms with Gasteiger partial charge in [0, 0.05) is 21.8 Å². The number of nitrogen functional groups attached to an aromatic ring is 1. The van der Waals surface area contributed by atoms with Gasteiger partial charge in [0.1, 0.15) is 5.82 Å². The van der Waals surface area contributed by atoms with Gasteiger partial charge in [-0.25, -0.2) is 4.39 Å². The molecule has 2 rings (SSSR count). The van der Waals surface area contributed by atoms with Gasteiger partial charge in [0.15, 0.2) is 0 Å². The van der Waals surface area contributed by atoms with Crippen molar-refractivity contribution < 1.29 is 8.60 Å². The summed E-state index contributed by atoms with van der Waals surface area (Å²) in [5, 5.41) is 0. The zero-order valence-corrected chi connectivity index (χ0v) is 11.7. The molecule has 1 aromatic carbocycles. The number of anilines is 1. The quantitative estimate of drug-likeness (QED) is 0.881. The summed E-state index contributed by atoms with van der Waals surface area (Å²) in [5.41, 5.74) is 6.25. The van der Waals surface area contributed by atoms with E-state index in [1.807, 2.05) is 6.07 Å². The minimum Gasteiger partial charge on any atom is -0.396 e. The van der Waals surface area contributed by atoms with Crippen LogP contribution in [-0.2, 0) is 16.6 Å². The lowest BCUT2D eigenvalue weighted by Gasteiger charge is -2.04. The molecule has 0 aliphatic rings. The van der Waals surface area contributed by atoms with E-state index in [9.17, 15) is 8.60 Å². The van der Waals surface area contributed by atoms with E-state index in [-0.39, 0.29) is 11.4 Å². The molecule has 1 unspecified atom stereocenters. The first kappa shape index (κ1) is 13.2. The minimum atomic E-state index is -1.32. The van der Waals surface area contributed by atoms with Gasteiger partial charge in [0.25, 0.3) is 0 Å². The highest BCUT2D eigenvalue weighted by atomic mass is 79.9. The number of benzene rings is 1. The Morgan fingerprint density at radius 2 is 2.11 bits per heavy atom. The highest BCUT2D eigenvalue weighted by Gasteiger charge is 2.08. The van der Waals surface area contributed by atoms with Gasteiger partial charge in [-0.1, -0.05) is 0 Å². The SMILES string of the molecule is Nc1ccc(S(=O)Cc2cncc(Br)c2)cc1F. The average Bonchev–Trinajstić information content (AvgIpc) is 2.32. The van der Waals surface area contributed by atoms with Gasteiger partial charge in [-0.3, -0.25) is 9.19 Å². The monoisotopic (exact) mass is 328 g/mol. The summed E-state index contributed by atoms with van der Waals surface area (Å²) in [6.45, 7) is 0. The van der Waals surface area contributed by atoms with E-state index < -0.39 is 16.6 Å². The van der Waals surface area contributed by atoms with Crippen molar-refractivity contribution in [3.63, 3.8) is 0 Å². The standard InChI is InChI=1S/C12H10BrFN2OS/c13-9-3-8(5-16-6-9)7-18(17)10-1-2-12(15)11(14)4-10/h1-6H,7,15H2. The van der Waals surface area contributed by atoms with Crippen LogP contribution >= 0.6 is 15.9 Å². The van der Waals surface area contributed by atoms with E-state index in [2.05, 4.69) is 20.9 Å². The molecule has 3 nitrogen and oxygen atoms in total. The van der Waals surface area contributed by atoms with E-state index in [0.29, 0.717) is 4.90 Å². The maximum Gasteiger partial charge on any atom is 0.147 e. The van der Waals surface area contributed by atoms with Crippen LogP contribution in [0.3, 0.4) is 0 Å². The second-order valence-electron chi connectivity index (χ2n) is 3.68. The summed E-state index contributed by atoms with van der Waals surface area (Å²) >= 11 is 3.29. The molecule has 94 valence electrons. The van der Waals surface area contributed by atoms with Gasteiger partial charge in [-0.05, 0) is 45.8 Å². The summed E-state index contributed by atoms with van der Waals surface area (Å²) in [5.74, 6) is -0.260. The molecule has 1 aromatic heterocycles. The summed E-state index contributed by atoms with van der Waals surface area (Å²) in [6, 6.07) is 6.02. The Morgan fingerprint density at radius 1 is 1.33 bits per heavy atom. The molecule has 0 radical (unpaired) electrons. The van der Waals surface area contributed by atoms with Gasteiger partial charge < -0.3 is 5.73 Å². The molecule has 1 atom stereocenters. The van der Waals surface area contributed by atoms with Crippen molar-refractivity contribution in [3.8, 4) is 0 Å². The molecular weight excluding hydrogens is 319 g/mol. The van der Waals surface area contributed by atoms with Crippen molar-refractivity contribution in [2.24, 2.45) is 0 Å². The highest BCUT2D eigenvalue weighted by Crippen LogP contribution is 2.18. The first-order chi connectivity index (χ1) is 8.56. The Morgan fingerprint density at radius 3 is 2.78 bits per heavy atom. The molecule has 0 bridgehead atoms. The first-order valence-corrected chi connectivity index (χ1v) is 7.20. The van der Waals surface area contributed by atoms with Crippen LogP contribution in [0, 0.1) is 5.82 Å². The van der Waals surface area contributed by atoms with E-state index in [0.717, 1.165) is 10.0 Å². The second-order valence-corrected chi connectivity index (χ2v) is 6.05. The summed E-state index contributed by atoms with van der Waals surface area (Å²) < 4.78 is 26.1. The Kier molecular flexibility index (Phi) is 4.08. The molecule has 2 aromatic rings. The fraction of sp³-hybridized carbons (Fsp3) is 0.0833. The molecule has 0 spiro atoms. The van der Waals surface area contributed by atoms with Gasteiger partial charge in [-0.15, -0.1) is 0 Å². The predicted octanol–water partition coefficient (Wildman–Crippen LogP) is 2.87. The van der Waals surface area contributed by atoms with Crippen LogP contribution in [0.2, 0.25) is 0 Å². The van der Waals surface area contributed by atoms with Crippen LogP contribution in [0.5, 0.6) is 0 Å². The molecule has 6 heteroatoms. The lowest BCUT2D eigenvalue weighted by atomic mass is 10.3. The Balaban J connectivity index is 2.19. The molecule has 18 heavy (non-hydrogen) atoms. The number of nitrogens with two attached hydrogens (primary N) is 1. The molecular formula is C12H10BrFN2OS. The van der Waals surface area contributed by atoms with Crippen molar-refractivity contribution in [2.75, 3.05) is 5.73 Å². The van der Waals surface area contributed by atoms with E-state index >= 15 is 0 Å². The van der Waals surface area contributed by atoms with Crippen molar-refractivity contribution in [2.45, 2.75) is 10.6 Å². The van der Waals surface area contributed by atoms with Gasteiger partial charge >= 0.3 is 0 Å². The van der Waals surface area contributed by atoms with Crippen molar-refractivity contribution in [1.82, 2.24) is 4.98 Å². The second kappa shape index (κ2) is 5.58. The average molecular weight is 329 g/mol. The number of hydrogen-bond donors (Lipinski definition) is 1. The zero-order valence-electron chi connectivity index (χ0n) is 9.27. The number of pyridine rings is 1. The van der Waals surface area contributed by atoms with Crippen LogP contribution in [0.15, 0.2) is 46.0 Å². The number of halogens is 2. The summed E-state index contributed by atoms with van der Waals surface area (Å²) in [6.07, 6.45) is 3.28. The Bertz CT molecular complexity index is 606. The van der Waals surface area contributed by atoms with Gasteiger partial charge in [-0.2, -0.15) is 0 Å². The third-order valence-corrected chi connectivity index (χ3v) is 4.10. The van der Waals surface area contributed by atoms with E-state index in [1.165, 1.54) is 12.1 Å². The molecule has 0 fully saturated rings. The predicted molar refractivity (Wildman–Crippen MR) is 72.9 cm³/mol. The third kappa shape index (κ3) is 3.14. The van der Waals surface area contributed by atoms with Crippen molar-refractivity contribution in [1.29, 1.82) is 0 Å². The topological polar surface area (TPSA) is 56.0 Å². The van der Waals surface area contributed by atoms with Gasteiger partial charge in [0.2, 0.25) is 0 Å². The fourth-order valence-corrected chi connectivity index (χ4v) is 2.91. The number of nitrogens with zero attached hydrogens (tertiary/aromatic N) is 1. The molecule has 0 aliphatic carbocycles. The number of aromatic nitrogens is 1. The largest absolute Gasteiger partial charge is 0.396 e. The summed E-state index contributed by atoms with van der Waals surface area (Å²) in [7, 11) is -1.32. The smallest absolute Gasteiger partial charge is 0.147 e. The molecule has 2 N–H and O–H groups in total. The van der Waals surface area contributed by atoms with Crippen molar-refractivity contribution in [3.05, 3.63) is 52.5 Å². The Labute approximate surface area is 115 Å². The molecule has 0 saturated heterocycles. The molecule has 0 amide bonds. The fourth-order valence-electron chi connectivity index (χ4n) is 1.42. The zero-order chi connectivity index (χ0) is 13.1. The molecule has 0 saturated carbocycles. The maximum absolute atomic E-state index is 13.3. The van der Waals surface area contributed by atoms with Crippen LogP contribution in [0.25, 0.3) is 0 Å². The lowest BCUT2D eigenvalue weighted by molar-refractivity contribution is 0.627. The maximum atomic E-state index is 13.3. The van der Waals surface area contributed by atoms with E-state index in [4.69, 9.17) is 5.73 Å². The van der Waals surface area contributed by atoms with Crippen LogP contribution < -0.4 is 5.73 Å². The Hall–Kier alpha value is -1.27. The van der Waals surface area contributed by atoms with Gasteiger partial charge in [0.05, 0.1) is 22.2 Å². The minimum absolute atomic E-state index is 0.0554. The van der Waals surface area contributed by atoms with Crippen molar-refractivity contribution >= 4 is 32.4 Å². The van der Waals surface area contributed by atoms with Crippen LogP contribution in [0.1, 0.15) is 5.56 Å². The summed E-state index contributed by atoms with van der Waals surface area (Å²) in [4.78, 5) is 4.41. The molecule has 1 heterocycles. The first-order valence-electron chi connectivity index (χ1n) is 5.09.